The fraction of sp³-hybridized carbons (Fsp3) is 0.857. The smallest absolute Gasteiger partial charge is 0.183 e. The molecule has 72 valence electrons. The molecule has 5 nitrogen and oxygen atoms in total. The van der Waals surface area contributed by atoms with Crippen LogP contribution in [0.2, 0.25) is 0 Å². The zero-order valence-electron chi connectivity index (χ0n) is 7.47. The van der Waals surface area contributed by atoms with Crippen LogP contribution in [0.1, 0.15) is 13.3 Å². The van der Waals surface area contributed by atoms with E-state index in [4.69, 9.17) is 10.1 Å². The van der Waals surface area contributed by atoms with Crippen molar-refractivity contribution in [3.05, 3.63) is 0 Å². The van der Waals surface area contributed by atoms with Gasteiger partial charge in [0.25, 0.3) is 0 Å². The molecule has 0 spiro atoms. The summed E-state index contributed by atoms with van der Waals surface area (Å²) in [4.78, 5) is 0. The minimum absolute atomic E-state index is 0.333. The van der Waals surface area contributed by atoms with E-state index in [1.807, 2.05) is 0 Å². The summed E-state index contributed by atoms with van der Waals surface area (Å²) in [6.07, 6.45) is 1.61. The van der Waals surface area contributed by atoms with Crippen LogP contribution in [0, 0.1) is 5.41 Å². The second-order valence-electron chi connectivity index (χ2n) is 2.56. The van der Waals surface area contributed by atoms with E-state index in [0.717, 1.165) is 26.1 Å². The van der Waals surface area contributed by atoms with Crippen LogP contribution in [-0.4, -0.2) is 31.8 Å². The number of hydrogen-bond donors (Lipinski definition) is 4. The first-order chi connectivity index (χ1) is 5.66. The standard InChI is InChI=1S/C6H13NO.CH5N3/c1-2-6-5-7-3-4-8-6;2-1(3)4/h6-7H,2-5H2,1H3;(H5,2,3,4). The Morgan fingerprint density at radius 2 is 2.25 bits per heavy atom. The summed E-state index contributed by atoms with van der Waals surface area (Å²) < 4.78 is 5.36. The van der Waals surface area contributed by atoms with Gasteiger partial charge in [-0.05, 0) is 6.42 Å². The molecule has 6 N–H and O–H groups in total. The molecule has 0 saturated carbocycles. The number of rotatable bonds is 1. The predicted octanol–water partition coefficient (Wildman–Crippen LogP) is -0.777. The normalized spacial score (nSPS) is 22.2. The van der Waals surface area contributed by atoms with Crippen LogP contribution in [-0.2, 0) is 4.74 Å². The van der Waals surface area contributed by atoms with Crippen molar-refractivity contribution < 1.29 is 4.74 Å². The number of morpholine rings is 1. The maximum absolute atomic E-state index is 6.06. The van der Waals surface area contributed by atoms with E-state index in [2.05, 4.69) is 23.7 Å². The van der Waals surface area contributed by atoms with Gasteiger partial charge in [-0.25, -0.2) is 0 Å². The highest BCUT2D eigenvalue weighted by Gasteiger charge is 2.08. The lowest BCUT2D eigenvalue weighted by Crippen LogP contribution is -2.37. The largest absolute Gasteiger partial charge is 0.376 e. The molecule has 12 heavy (non-hydrogen) atoms. The van der Waals surface area contributed by atoms with Gasteiger partial charge in [-0.3, -0.25) is 5.41 Å². The summed E-state index contributed by atoms with van der Waals surface area (Å²) in [7, 11) is 0. The topological polar surface area (TPSA) is 97.1 Å². The highest BCUT2D eigenvalue weighted by Crippen LogP contribution is 1.98. The molecule has 1 rings (SSSR count). The Morgan fingerprint density at radius 1 is 1.67 bits per heavy atom. The van der Waals surface area contributed by atoms with Gasteiger partial charge < -0.3 is 21.5 Å². The van der Waals surface area contributed by atoms with Crippen LogP contribution in [0.3, 0.4) is 0 Å². The average molecular weight is 174 g/mol. The SMILES string of the molecule is CCC1CNCCO1.N=C(N)N. The second kappa shape index (κ2) is 6.87. The molecular weight excluding hydrogens is 156 g/mol. The minimum atomic E-state index is -0.333. The van der Waals surface area contributed by atoms with E-state index in [1.54, 1.807) is 0 Å². The van der Waals surface area contributed by atoms with Gasteiger partial charge in [-0.2, -0.15) is 0 Å². The van der Waals surface area contributed by atoms with Gasteiger partial charge in [0.05, 0.1) is 12.7 Å². The Bertz CT molecular complexity index is 119. The maximum atomic E-state index is 6.06. The number of hydrogen-bond acceptors (Lipinski definition) is 3. The molecule has 1 aliphatic heterocycles. The van der Waals surface area contributed by atoms with Crippen molar-refractivity contribution >= 4 is 5.96 Å². The van der Waals surface area contributed by atoms with Crippen LogP contribution >= 0.6 is 0 Å². The summed E-state index contributed by atoms with van der Waals surface area (Å²) in [6.45, 7) is 5.10. The summed E-state index contributed by atoms with van der Waals surface area (Å²) >= 11 is 0. The molecule has 0 aliphatic carbocycles. The summed E-state index contributed by atoms with van der Waals surface area (Å²) in [5.74, 6) is -0.333. The van der Waals surface area contributed by atoms with Crippen LogP contribution in [0.4, 0.5) is 0 Å². The number of guanidine groups is 1. The Morgan fingerprint density at radius 3 is 2.50 bits per heavy atom. The van der Waals surface area contributed by atoms with Gasteiger partial charge in [0.2, 0.25) is 0 Å². The first-order valence-corrected chi connectivity index (χ1v) is 4.08. The lowest BCUT2D eigenvalue weighted by atomic mass is 10.2. The molecule has 5 heteroatoms. The van der Waals surface area contributed by atoms with E-state index < -0.39 is 0 Å². The van der Waals surface area contributed by atoms with Crippen molar-refractivity contribution in [2.24, 2.45) is 11.5 Å². The van der Waals surface area contributed by atoms with Crippen LogP contribution in [0.5, 0.6) is 0 Å². The fourth-order valence-electron chi connectivity index (χ4n) is 0.882. The van der Waals surface area contributed by atoms with Crippen LogP contribution in [0.15, 0.2) is 0 Å². The zero-order valence-corrected chi connectivity index (χ0v) is 7.47. The Kier molecular flexibility index (Phi) is 6.41. The Labute approximate surface area is 73.0 Å². The summed E-state index contributed by atoms with van der Waals surface area (Å²) in [6, 6.07) is 0. The molecule has 1 atom stereocenters. The van der Waals surface area contributed by atoms with Gasteiger partial charge in [-0.15, -0.1) is 0 Å². The predicted molar refractivity (Wildman–Crippen MR) is 49.0 cm³/mol. The lowest BCUT2D eigenvalue weighted by molar-refractivity contribution is 0.0267. The first-order valence-electron chi connectivity index (χ1n) is 4.08. The van der Waals surface area contributed by atoms with Crippen LogP contribution in [0.25, 0.3) is 0 Å². The molecule has 0 radical (unpaired) electrons. The lowest BCUT2D eigenvalue weighted by Gasteiger charge is -2.21. The Balaban J connectivity index is 0.000000261. The second-order valence-corrected chi connectivity index (χ2v) is 2.56. The summed E-state index contributed by atoms with van der Waals surface area (Å²) in [5.41, 5.74) is 8.94. The monoisotopic (exact) mass is 174 g/mol. The third kappa shape index (κ3) is 7.30. The zero-order chi connectivity index (χ0) is 9.40. The van der Waals surface area contributed by atoms with Crippen molar-refractivity contribution in [1.82, 2.24) is 5.32 Å². The van der Waals surface area contributed by atoms with Crippen molar-refractivity contribution in [1.29, 1.82) is 5.41 Å². The quantitative estimate of drug-likeness (QED) is 0.310. The molecule has 0 amide bonds. The van der Waals surface area contributed by atoms with Crippen molar-refractivity contribution in [3.8, 4) is 0 Å². The maximum Gasteiger partial charge on any atom is 0.183 e. The molecular formula is C7H18N4O. The molecule has 1 aliphatic rings. The van der Waals surface area contributed by atoms with Gasteiger partial charge >= 0.3 is 0 Å². The molecule has 1 heterocycles. The minimum Gasteiger partial charge on any atom is -0.376 e. The molecule has 0 aromatic carbocycles. The van der Waals surface area contributed by atoms with Gasteiger partial charge in [0.1, 0.15) is 0 Å². The molecule has 1 saturated heterocycles. The number of ether oxygens (including phenoxy) is 1. The third-order valence-corrected chi connectivity index (χ3v) is 1.46. The van der Waals surface area contributed by atoms with E-state index in [0.29, 0.717) is 6.10 Å². The number of nitrogens with two attached hydrogens (primary N) is 2. The van der Waals surface area contributed by atoms with Crippen molar-refractivity contribution in [2.75, 3.05) is 19.7 Å². The Hall–Kier alpha value is -0.810. The van der Waals surface area contributed by atoms with Crippen molar-refractivity contribution in [2.45, 2.75) is 19.4 Å². The molecule has 1 unspecified atom stereocenters. The molecule has 0 aromatic rings. The average Bonchev–Trinajstić information content (AvgIpc) is 2.05. The summed E-state index contributed by atoms with van der Waals surface area (Å²) in [5, 5.41) is 9.32. The molecule has 1 fully saturated rings. The van der Waals surface area contributed by atoms with Crippen LogP contribution < -0.4 is 16.8 Å². The van der Waals surface area contributed by atoms with E-state index >= 15 is 0 Å². The van der Waals surface area contributed by atoms with E-state index in [1.165, 1.54) is 0 Å². The highest BCUT2D eigenvalue weighted by atomic mass is 16.5. The highest BCUT2D eigenvalue weighted by molar-refractivity contribution is 5.71. The fourth-order valence-corrected chi connectivity index (χ4v) is 0.882. The third-order valence-electron chi connectivity index (χ3n) is 1.46. The van der Waals surface area contributed by atoms with E-state index in [9.17, 15) is 0 Å². The van der Waals surface area contributed by atoms with Gasteiger partial charge in [0, 0.05) is 13.1 Å². The van der Waals surface area contributed by atoms with Gasteiger partial charge in [-0.1, -0.05) is 6.92 Å². The van der Waals surface area contributed by atoms with Gasteiger partial charge in [0.15, 0.2) is 5.96 Å². The first kappa shape index (κ1) is 11.2. The molecule has 0 bridgehead atoms. The van der Waals surface area contributed by atoms with E-state index in [-0.39, 0.29) is 5.96 Å². The van der Waals surface area contributed by atoms with Crippen molar-refractivity contribution in [3.63, 3.8) is 0 Å². The molecule has 0 aromatic heterocycles. The number of nitrogens with one attached hydrogen (secondary N) is 2.